The molecule has 9 atom stereocenters. The van der Waals surface area contributed by atoms with Gasteiger partial charge in [0.2, 0.25) is 0 Å². The SMILES string of the molecule is [B][C@H]([C@@H](C)C(=O)[C@@H](C)C(=O)O)[C@@](C)(C[C@@H](C)CN[C@H](C)[C@H]1N(CCCCn2cc(-c3nccs3)nn2)C(=O)O[C@]1(C)[C@H](C)CC)OC. The van der Waals surface area contributed by atoms with Crippen LogP contribution in [0.5, 0.6) is 0 Å². The third kappa shape index (κ3) is 9.00. The van der Waals surface area contributed by atoms with Crippen LogP contribution in [-0.2, 0) is 25.6 Å². The molecule has 14 heteroatoms. The van der Waals surface area contributed by atoms with E-state index in [1.54, 1.807) is 20.2 Å². The van der Waals surface area contributed by atoms with Crippen molar-refractivity contribution in [3.8, 4) is 10.7 Å². The largest absolute Gasteiger partial charge is 0.481 e. The topological polar surface area (TPSA) is 149 Å². The fraction of sp³-hybridized carbons (Fsp3) is 0.758. The molecule has 0 aliphatic carbocycles. The van der Waals surface area contributed by atoms with Crippen LogP contribution in [0.4, 0.5) is 4.79 Å². The number of Topliss-reactive ketones (excluding diaryl/α,β-unsaturated/α-hetero) is 1. The number of carboxylic acids is 1. The third-order valence-electron chi connectivity index (χ3n) is 10.3. The monoisotopic (exact) mass is 672 g/mol. The number of aromatic nitrogens is 4. The quantitative estimate of drug-likeness (QED) is 0.111. The first-order chi connectivity index (χ1) is 22.1. The summed E-state index contributed by atoms with van der Waals surface area (Å²) < 4.78 is 13.8. The smallest absolute Gasteiger partial charge is 0.410 e. The Morgan fingerprint density at radius 1 is 1.23 bits per heavy atom. The molecule has 0 bridgehead atoms. The molecule has 1 amide bonds. The van der Waals surface area contributed by atoms with E-state index in [-0.39, 0.29) is 30.0 Å². The predicted molar refractivity (Wildman–Crippen MR) is 182 cm³/mol. The highest BCUT2D eigenvalue weighted by atomic mass is 32.1. The van der Waals surface area contributed by atoms with Crippen molar-refractivity contribution in [2.45, 2.75) is 117 Å². The second-order valence-electron chi connectivity index (χ2n) is 13.7. The van der Waals surface area contributed by atoms with E-state index in [9.17, 15) is 19.5 Å². The van der Waals surface area contributed by atoms with Crippen LogP contribution in [-0.4, -0.2) is 99.2 Å². The number of ether oxygens (including phenoxy) is 2. The van der Waals surface area contributed by atoms with Crippen molar-refractivity contribution in [1.82, 2.24) is 30.2 Å². The number of ketones is 1. The van der Waals surface area contributed by atoms with Crippen LogP contribution in [0.1, 0.15) is 81.1 Å². The molecule has 260 valence electrons. The standard InChI is InChI=1S/C33H53BN6O6S/c1-10-21(3)33(8)28(40(31(44)46-33)15-12-11-14-39-19-25(37-38-39)29-35-13-16-47-29)24(6)36-18-20(2)17-32(7,45-9)27(34)22(4)26(41)23(5)30(42)43/h13,16,19-24,27-28,36H,10-12,14-15,17-18H2,1-9H3,(H,42,43)/t20-,21-,22+,23-,24-,27-,28-,32-,33-/m1/s1. The maximum absolute atomic E-state index is 13.3. The van der Waals surface area contributed by atoms with E-state index >= 15 is 0 Å². The molecule has 2 aromatic rings. The average molecular weight is 673 g/mol. The molecule has 0 unspecified atom stereocenters. The second kappa shape index (κ2) is 16.5. The van der Waals surface area contributed by atoms with E-state index in [0.29, 0.717) is 26.1 Å². The van der Waals surface area contributed by atoms with Gasteiger partial charge in [-0.1, -0.05) is 32.9 Å². The van der Waals surface area contributed by atoms with Crippen molar-refractivity contribution >= 4 is 37.0 Å². The Hall–Kier alpha value is -2.84. The lowest BCUT2D eigenvalue weighted by molar-refractivity contribution is -0.147. The van der Waals surface area contributed by atoms with E-state index in [1.807, 2.05) is 35.0 Å². The first-order valence-corrected chi connectivity index (χ1v) is 17.6. The number of amides is 1. The minimum absolute atomic E-state index is 0.0848. The summed E-state index contributed by atoms with van der Waals surface area (Å²) in [6.45, 7) is 17.2. The van der Waals surface area contributed by atoms with Crippen LogP contribution in [0.2, 0.25) is 5.82 Å². The number of nitrogens with one attached hydrogen (secondary N) is 1. The van der Waals surface area contributed by atoms with Gasteiger partial charge in [0.1, 0.15) is 28.0 Å². The molecule has 1 aliphatic rings. The lowest BCUT2D eigenvalue weighted by Gasteiger charge is -2.41. The van der Waals surface area contributed by atoms with Gasteiger partial charge in [-0.05, 0) is 77.6 Å². The Bertz CT molecular complexity index is 1330. The van der Waals surface area contributed by atoms with E-state index in [4.69, 9.17) is 17.3 Å². The molecule has 3 heterocycles. The molecule has 1 saturated heterocycles. The summed E-state index contributed by atoms with van der Waals surface area (Å²) in [5.74, 6) is -3.87. The van der Waals surface area contributed by atoms with Crippen LogP contribution < -0.4 is 5.32 Å². The minimum atomic E-state index is -1.16. The van der Waals surface area contributed by atoms with Gasteiger partial charge in [-0.2, -0.15) is 0 Å². The van der Waals surface area contributed by atoms with Gasteiger partial charge in [0.05, 0.1) is 25.7 Å². The Morgan fingerprint density at radius 2 is 1.91 bits per heavy atom. The van der Waals surface area contributed by atoms with Crippen LogP contribution in [0.3, 0.4) is 0 Å². The number of thiazole rings is 1. The molecule has 0 spiro atoms. The lowest BCUT2D eigenvalue weighted by Crippen LogP contribution is -2.58. The fourth-order valence-electron chi connectivity index (χ4n) is 6.78. The predicted octanol–water partition coefficient (Wildman–Crippen LogP) is 5.10. The highest BCUT2D eigenvalue weighted by Gasteiger charge is 2.55. The van der Waals surface area contributed by atoms with E-state index < -0.39 is 40.6 Å². The molecule has 1 fully saturated rings. The molecule has 2 N–H and O–H groups in total. The van der Waals surface area contributed by atoms with Crippen LogP contribution in [0.25, 0.3) is 10.7 Å². The van der Waals surface area contributed by atoms with Crippen molar-refractivity contribution in [2.75, 3.05) is 20.2 Å². The number of carbonyl (C=O) groups excluding carboxylic acids is 2. The first-order valence-electron chi connectivity index (χ1n) is 16.7. The molecule has 2 aromatic heterocycles. The molecule has 1 aliphatic heterocycles. The van der Waals surface area contributed by atoms with E-state index in [1.165, 1.54) is 18.3 Å². The summed E-state index contributed by atoms with van der Waals surface area (Å²) in [7, 11) is 8.12. The molecule has 0 saturated carbocycles. The maximum atomic E-state index is 13.3. The summed E-state index contributed by atoms with van der Waals surface area (Å²) in [5, 5.41) is 24.2. The highest BCUT2D eigenvalue weighted by molar-refractivity contribution is 7.13. The van der Waals surface area contributed by atoms with Crippen molar-refractivity contribution in [2.24, 2.45) is 23.7 Å². The van der Waals surface area contributed by atoms with Gasteiger partial charge in [-0.15, -0.1) is 16.4 Å². The molecule has 3 rings (SSSR count). The van der Waals surface area contributed by atoms with Gasteiger partial charge in [0.15, 0.2) is 0 Å². The van der Waals surface area contributed by atoms with Crippen molar-refractivity contribution < 1.29 is 29.0 Å². The number of carbonyl (C=O) groups is 3. The first kappa shape index (κ1) is 38.6. The highest BCUT2D eigenvalue weighted by Crippen LogP contribution is 2.40. The Kier molecular flexibility index (Phi) is 13.6. The van der Waals surface area contributed by atoms with Crippen LogP contribution in [0.15, 0.2) is 17.8 Å². The molecular weight excluding hydrogens is 619 g/mol. The van der Waals surface area contributed by atoms with Crippen LogP contribution in [0, 0.1) is 23.7 Å². The third-order valence-corrected chi connectivity index (χ3v) is 11.0. The molecule has 12 nitrogen and oxygen atoms in total. The number of methoxy groups -OCH3 is 1. The number of cyclic esters (lactones) is 1. The number of carboxylic acid groups (broad SMARTS) is 1. The number of nitrogens with zero attached hydrogens (tertiary/aromatic N) is 5. The Labute approximate surface area is 284 Å². The fourth-order valence-corrected chi connectivity index (χ4v) is 7.36. The summed E-state index contributed by atoms with van der Waals surface area (Å²) in [5.41, 5.74) is -0.770. The normalized spacial score (nSPS) is 23.4. The zero-order valence-corrected chi connectivity index (χ0v) is 30.2. The van der Waals surface area contributed by atoms with Crippen molar-refractivity contribution in [1.29, 1.82) is 0 Å². The van der Waals surface area contributed by atoms with E-state index in [0.717, 1.165) is 30.0 Å². The number of rotatable bonds is 20. The van der Waals surface area contributed by atoms with Crippen molar-refractivity contribution in [3.63, 3.8) is 0 Å². The number of hydrogen-bond acceptors (Lipinski definition) is 10. The summed E-state index contributed by atoms with van der Waals surface area (Å²) in [6.07, 6.45) is 6.36. The molecular formula is C33H53BN6O6S. The zero-order chi connectivity index (χ0) is 35.1. The minimum Gasteiger partial charge on any atom is -0.481 e. The van der Waals surface area contributed by atoms with Crippen LogP contribution >= 0.6 is 11.3 Å². The summed E-state index contributed by atoms with van der Waals surface area (Å²) in [4.78, 5) is 43.7. The Balaban J connectivity index is 1.63. The molecule has 47 heavy (non-hydrogen) atoms. The van der Waals surface area contributed by atoms with Crippen molar-refractivity contribution in [3.05, 3.63) is 17.8 Å². The second-order valence-corrected chi connectivity index (χ2v) is 14.6. The van der Waals surface area contributed by atoms with Gasteiger partial charge < -0.3 is 19.9 Å². The number of unbranched alkanes of at least 4 members (excludes halogenated alkanes) is 1. The summed E-state index contributed by atoms with van der Waals surface area (Å²) in [6, 6.07) is -0.273. The molecule has 0 aromatic carbocycles. The van der Waals surface area contributed by atoms with Gasteiger partial charge in [0.25, 0.3) is 0 Å². The van der Waals surface area contributed by atoms with Gasteiger partial charge in [-0.25, -0.2) is 9.78 Å². The van der Waals surface area contributed by atoms with E-state index in [2.05, 4.69) is 48.3 Å². The number of hydrogen-bond donors (Lipinski definition) is 2. The zero-order valence-electron chi connectivity index (χ0n) is 29.4. The van der Waals surface area contributed by atoms with Gasteiger partial charge in [0, 0.05) is 43.7 Å². The lowest BCUT2D eigenvalue weighted by atomic mass is 9.62. The maximum Gasteiger partial charge on any atom is 0.410 e. The van der Waals surface area contributed by atoms with Gasteiger partial charge >= 0.3 is 12.1 Å². The number of aliphatic carboxylic acids is 1. The average Bonchev–Trinajstić information content (AvgIpc) is 3.80. The summed E-state index contributed by atoms with van der Waals surface area (Å²) >= 11 is 1.52. The van der Waals surface area contributed by atoms with Gasteiger partial charge in [-0.3, -0.25) is 19.2 Å². The molecule has 2 radical (unpaired) electrons. The number of aryl methyl sites for hydroxylation is 1. The Morgan fingerprint density at radius 3 is 2.51 bits per heavy atom.